The summed E-state index contributed by atoms with van der Waals surface area (Å²) < 4.78 is 0. The lowest BCUT2D eigenvalue weighted by Gasteiger charge is -2.22. The molecule has 4 rings (SSSR count). The van der Waals surface area contributed by atoms with Crippen molar-refractivity contribution < 1.29 is 4.79 Å². The van der Waals surface area contributed by atoms with Gasteiger partial charge in [0.25, 0.3) is 0 Å². The van der Waals surface area contributed by atoms with Crippen LogP contribution in [0.4, 0.5) is 0 Å². The van der Waals surface area contributed by atoms with Crippen LogP contribution in [0.15, 0.2) is 85.1 Å². The molecule has 0 bridgehead atoms. The van der Waals surface area contributed by atoms with E-state index in [1.54, 1.807) is 0 Å². The lowest BCUT2D eigenvalue weighted by Crippen LogP contribution is -2.32. The molecule has 2 N–H and O–H groups in total. The van der Waals surface area contributed by atoms with Crippen LogP contribution in [0, 0.1) is 0 Å². The lowest BCUT2D eigenvalue weighted by atomic mass is 9.93. The molecule has 0 saturated heterocycles. The van der Waals surface area contributed by atoms with Gasteiger partial charge < -0.3 is 10.3 Å². The predicted molar refractivity (Wildman–Crippen MR) is 124 cm³/mol. The summed E-state index contributed by atoms with van der Waals surface area (Å²) in [5.41, 5.74) is 3.88. The molecule has 3 aromatic carbocycles. The first-order chi connectivity index (χ1) is 14.7. The van der Waals surface area contributed by atoms with Gasteiger partial charge in [0.15, 0.2) is 5.78 Å². The Labute approximate surface area is 182 Å². The van der Waals surface area contributed by atoms with Crippen molar-refractivity contribution in [3.63, 3.8) is 0 Å². The zero-order valence-electron chi connectivity index (χ0n) is 16.9. The van der Waals surface area contributed by atoms with Gasteiger partial charge in [-0.25, -0.2) is 0 Å². The molecule has 1 aromatic heterocycles. The van der Waals surface area contributed by atoms with Crippen molar-refractivity contribution in [2.24, 2.45) is 0 Å². The van der Waals surface area contributed by atoms with Gasteiger partial charge in [-0.05, 0) is 41.7 Å². The Morgan fingerprint density at radius 3 is 2.37 bits per heavy atom. The van der Waals surface area contributed by atoms with Crippen LogP contribution in [-0.2, 0) is 0 Å². The molecule has 0 aliphatic carbocycles. The van der Waals surface area contributed by atoms with Crippen molar-refractivity contribution in [3.05, 3.63) is 107 Å². The number of rotatable bonds is 8. The number of hydrogen-bond donors (Lipinski definition) is 2. The Bertz CT molecular complexity index is 1120. The highest BCUT2D eigenvalue weighted by atomic mass is 35.5. The average molecular weight is 417 g/mol. The van der Waals surface area contributed by atoms with Gasteiger partial charge in [0.1, 0.15) is 0 Å². The third kappa shape index (κ3) is 4.33. The number of ketones is 1. The number of Topliss-reactive ketones (excluding diaryl/α,β-unsaturated/α-hetero) is 1. The van der Waals surface area contributed by atoms with Gasteiger partial charge in [-0.15, -0.1) is 0 Å². The third-order valence-corrected chi connectivity index (χ3v) is 5.90. The van der Waals surface area contributed by atoms with Gasteiger partial charge in [0, 0.05) is 34.2 Å². The van der Waals surface area contributed by atoms with Gasteiger partial charge >= 0.3 is 0 Å². The number of para-hydroxylation sites is 1. The first-order valence-corrected chi connectivity index (χ1v) is 10.7. The molecule has 4 aromatic rings. The summed E-state index contributed by atoms with van der Waals surface area (Å²) in [6.07, 6.45) is 2.79. The smallest absolute Gasteiger partial charge is 0.186 e. The second-order valence-corrected chi connectivity index (χ2v) is 7.96. The quantitative estimate of drug-likeness (QED) is 0.321. The molecule has 0 spiro atoms. The number of aromatic amines is 1. The van der Waals surface area contributed by atoms with Crippen molar-refractivity contribution in [3.8, 4) is 0 Å². The normalized spacial score (nSPS) is 13.3. The van der Waals surface area contributed by atoms with Gasteiger partial charge in [-0.2, -0.15) is 0 Å². The molecule has 0 aliphatic heterocycles. The van der Waals surface area contributed by atoms with Gasteiger partial charge in [-0.3, -0.25) is 4.79 Å². The second kappa shape index (κ2) is 9.29. The van der Waals surface area contributed by atoms with E-state index in [1.807, 2.05) is 72.9 Å². The van der Waals surface area contributed by atoms with Crippen LogP contribution in [0.25, 0.3) is 10.9 Å². The van der Waals surface area contributed by atoms with E-state index in [9.17, 15) is 4.79 Å². The minimum atomic E-state index is -0.410. The standard InChI is InChI=1S/C26H25ClN2O/c1-2-18(19-12-14-21(27)15-13-19)16-29-25(20-8-4-3-5-9-20)26(30)23-17-28-24-11-7-6-10-22(23)24/h3-15,17-18,25,28-29H,2,16H2,1H3. The maximum atomic E-state index is 13.6. The summed E-state index contributed by atoms with van der Waals surface area (Å²) in [5, 5.41) is 5.24. The lowest BCUT2D eigenvalue weighted by molar-refractivity contribution is 0.0943. The SMILES string of the molecule is CCC(CNC(C(=O)c1c[nH]c2ccccc12)c1ccccc1)c1ccc(Cl)cc1. The predicted octanol–water partition coefficient (Wildman–Crippen LogP) is 6.53. The van der Waals surface area contributed by atoms with E-state index in [0.29, 0.717) is 18.0 Å². The highest BCUT2D eigenvalue weighted by Gasteiger charge is 2.25. The second-order valence-electron chi connectivity index (χ2n) is 7.52. The molecule has 1 heterocycles. The van der Waals surface area contributed by atoms with Gasteiger partial charge in [0.2, 0.25) is 0 Å². The highest BCUT2D eigenvalue weighted by Crippen LogP contribution is 2.27. The van der Waals surface area contributed by atoms with E-state index in [4.69, 9.17) is 11.6 Å². The number of carbonyl (C=O) groups excluding carboxylic acids is 1. The Balaban J connectivity index is 1.62. The molecule has 0 aliphatic rings. The molecule has 30 heavy (non-hydrogen) atoms. The summed E-state index contributed by atoms with van der Waals surface area (Å²) in [6, 6.07) is 25.4. The van der Waals surface area contributed by atoms with Crippen molar-refractivity contribution in [1.29, 1.82) is 0 Å². The van der Waals surface area contributed by atoms with E-state index < -0.39 is 6.04 Å². The Morgan fingerprint density at radius 1 is 0.933 bits per heavy atom. The molecular weight excluding hydrogens is 392 g/mol. The molecular formula is C26H25ClN2O. The van der Waals surface area contributed by atoms with Crippen LogP contribution < -0.4 is 5.32 Å². The fourth-order valence-corrected chi connectivity index (χ4v) is 4.06. The van der Waals surface area contributed by atoms with Gasteiger partial charge in [-0.1, -0.05) is 79.2 Å². The summed E-state index contributed by atoms with van der Waals surface area (Å²) in [4.78, 5) is 16.8. The maximum absolute atomic E-state index is 13.6. The molecule has 4 heteroatoms. The first-order valence-electron chi connectivity index (χ1n) is 10.3. The monoisotopic (exact) mass is 416 g/mol. The van der Waals surface area contributed by atoms with E-state index in [0.717, 1.165) is 27.9 Å². The van der Waals surface area contributed by atoms with Gasteiger partial charge in [0.05, 0.1) is 6.04 Å². The number of halogens is 1. The van der Waals surface area contributed by atoms with E-state index in [2.05, 4.69) is 29.4 Å². The summed E-state index contributed by atoms with van der Waals surface area (Å²) in [5.74, 6) is 0.369. The number of fused-ring (bicyclic) bond motifs is 1. The maximum Gasteiger partial charge on any atom is 0.186 e. The largest absolute Gasteiger partial charge is 0.360 e. The van der Waals surface area contributed by atoms with E-state index in [1.165, 1.54) is 5.56 Å². The van der Waals surface area contributed by atoms with Crippen LogP contribution in [0.1, 0.15) is 46.8 Å². The summed E-state index contributed by atoms with van der Waals surface area (Å²) in [6.45, 7) is 2.87. The highest BCUT2D eigenvalue weighted by molar-refractivity contribution is 6.30. The van der Waals surface area contributed by atoms with Crippen LogP contribution in [0.5, 0.6) is 0 Å². The van der Waals surface area contributed by atoms with Crippen LogP contribution in [-0.4, -0.2) is 17.3 Å². The molecule has 2 atom stereocenters. The van der Waals surface area contributed by atoms with Crippen molar-refractivity contribution in [2.75, 3.05) is 6.54 Å². The number of aromatic nitrogens is 1. The Morgan fingerprint density at radius 2 is 1.63 bits per heavy atom. The average Bonchev–Trinajstić information content (AvgIpc) is 3.22. The minimum Gasteiger partial charge on any atom is -0.360 e. The Kier molecular flexibility index (Phi) is 6.32. The summed E-state index contributed by atoms with van der Waals surface area (Å²) >= 11 is 6.05. The van der Waals surface area contributed by atoms with Crippen molar-refractivity contribution in [1.82, 2.24) is 10.3 Å². The molecule has 0 radical (unpaired) electrons. The summed E-state index contributed by atoms with van der Waals surface area (Å²) in [7, 11) is 0. The molecule has 2 unspecified atom stereocenters. The van der Waals surface area contributed by atoms with E-state index >= 15 is 0 Å². The molecule has 0 saturated carbocycles. The number of carbonyl (C=O) groups is 1. The number of H-pyrrole nitrogens is 1. The fraction of sp³-hybridized carbons (Fsp3) is 0.192. The van der Waals surface area contributed by atoms with Crippen LogP contribution in [0.3, 0.4) is 0 Å². The number of hydrogen-bond acceptors (Lipinski definition) is 2. The molecule has 0 amide bonds. The van der Waals surface area contributed by atoms with Crippen LogP contribution >= 0.6 is 11.6 Å². The number of nitrogens with one attached hydrogen (secondary N) is 2. The zero-order chi connectivity index (χ0) is 20.9. The minimum absolute atomic E-state index is 0.0737. The molecule has 3 nitrogen and oxygen atoms in total. The number of benzene rings is 3. The first kappa shape index (κ1) is 20.4. The molecule has 0 fully saturated rings. The molecule has 152 valence electrons. The Hall–Kier alpha value is -2.88. The fourth-order valence-electron chi connectivity index (χ4n) is 3.93. The third-order valence-electron chi connectivity index (χ3n) is 5.65. The zero-order valence-corrected chi connectivity index (χ0v) is 17.7. The van der Waals surface area contributed by atoms with Crippen molar-refractivity contribution >= 4 is 28.3 Å². The van der Waals surface area contributed by atoms with Crippen molar-refractivity contribution in [2.45, 2.75) is 25.3 Å². The van der Waals surface area contributed by atoms with Crippen LogP contribution in [0.2, 0.25) is 5.02 Å². The van der Waals surface area contributed by atoms with E-state index in [-0.39, 0.29) is 5.78 Å². The topological polar surface area (TPSA) is 44.9 Å².